The fourth-order valence-electron chi connectivity index (χ4n) is 1.09. The van der Waals surface area contributed by atoms with Gasteiger partial charge in [-0.2, -0.15) is 0 Å². The zero-order chi connectivity index (χ0) is 9.23. The smallest absolute Gasteiger partial charge is 0.0456 e. The maximum absolute atomic E-state index is 8.76. The highest BCUT2D eigenvalue weighted by Crippen LogP contribution is 2.02. The van der Waals surface area contributed by atoms with Gasteiger partial charge in [0.2, 0.25) is 0 Å². The fourth-order valence-corrected chi connectivity index (χ4v) is 1.09. The lowest BCUT2D eigenvalue weighted by molar-refractivity contribution is 0.228. The Bertz CT molecular complexity index is 85.9. The van der Waals surface area contributed by atoms with Crippen LogP contribution in [0.5, 0.6) is 0 Å². The molecule has 0 saturated heterocycles. The highest BCUT2D eigenvalue weighted by molar-refractivity contribution is 4.53. The van der Waals surface area contributed by atoms with Crippen molar-refractivity contribution in [1.29, 1.82) is 0 Å². The Hall–Kier alpha value is -0.0800. The Kier molecular flexibility index (Phi) is 8.95. The lowest BCUT2D eigenvalue weighted by atomic mass is 10.1. The largest absolute Gasteiger partial charge is 0.396 e. The average Bonchev–Trinajstić information content (AvgIpc) is 2.10. The molecule has 0 heterocycles. The monoisotopic (exact) mass is 173 g/mol. The molecule has 0 bridgehead atoms. The molecule has 0 aliphatic carbocycles. The Labute approximate surface area is 76.4 Å². The van der Waals surface area contributed by atoms with Gasteiger partial charge in [0.05, 0.1) is 0 Å². The van der Waals surface area contributed by atoms with Crippen LogP contribution in [-0.2, 0) is 0 Å². The average molecular weight is 173 g/mol. The Morgan fingerprint density at radius 2 is 1.92 bits per heavy atom. The molecular formula is C10H23NO. The van der Waals surface area contributed by atoms with E-state index in [0.717, 1.165) is 19.5 Å². The van der Waals surface area contributed by atoms with Crippen LogP contribution in [0.2, 0.25) is 0 Å². The number of unbranched alkanes of at least 4 members (excludes halogenated alkanes) is 1. The van der Waals surface area contributed by atoms with Crippen LogP contribution in [0.25, 0.3) is 0 Å². The van der Waals surface area contributed by atoms with Crippen molar-refractivity contribution in [1.82, 2.24) is 5.32 Å². The van der Waals surface area contributed by atoms with E-state index in [1.54, 1.807) is 0 Å². The summed E-state index contributed by atoms with van der Waals surface area (Å²) in [6, 6.07) is 0. The molecule has 0 radical (unpaired) electrons. The standard InChI is InChI=1S/C10H23NO/c1-3-4-7-11-8-5-6-10(2)9-12/h10-12H,3-9H2,1-2H3. The molecule has 0 amide bonds. The zero-order valence-electron chi connectivity index (χ0n) is 8.47. The number of hydrogen-bond donors (Lipinski definition) is 2. The lowest BCUT2D eigenvalue weighted by Crippen LogP contribution is -2.17. The second-order valence-electron chi connectivity index (χ2n) is 3.53. The molecule has 0 rings (SSSR count). The van der Waals surface area contributed by atoms with Gasteiger partial charge < -0.3 is 10.4 Å². The molecule has 2 heteroatoms. The first-order valence-electron chi connectivity index (χ1n) is 5.12. The molecule has 0 fully saturated rings. The van der Waals surface area contributed by atoms with Crippen LogP contribution in [0.4, 0.5) is 0 Å². The van der Waals surface area contributed by atoms with Crippen molar-refractivity contribution >= 4 is 0 Å². The highest BCUT2D eigenvalue weighted by atomic mass is 16.3. The molecule has 74 valence electrons. The summed E-state index contributed by atoms with van der Waals surface area (Å²) in [5, 5.41) is 12.1. The minimum absolute atomic E-state index is 0.328. The van der Waals surface area contributed by atoms with E-state index in [9.17, 15) is 0 Å². The fraction of sp³-hybridized carbons (Fsp3) is 1.00. The molecule has 0 aliphatic rings. The van der Waals surface area contributed by atoms with Crippen LogP contribution in [0.1, 0.15) is 39.5 Å². The third kappa shape index (κ3) is 8.02. The van der Waals surface area contributed by atoms with Gasteiger partial charge in [-0.25, -0.2) is 0 Å². The van der Waals surface area contributed by atoms with E-state index in [1.165, 1.54) is 19.3 Å². The summed E-state index contributed by atoms with van der Waals surface area (Å²) in [5.74, 6) is 0.470. The topological polar surface area (TPSA) is 32.3 Å². The summed E-state index contributed by atoms with van der Waals surface area (Å²) >= 11 is 0. The SMILES string of the molecule is CCCCNCCCC(C)CO. The Morgan fingerprint density at radius 3 is 2.50 bits per heavy atom. The Morgan fingerprint density at radius 1 is 1.25 bits per heavy atom. The molecule has 0 aromatic heterocycles. The van der Waals surface area contributed by atoms with Crippen molar-refractivity contribution in [3.05, 3.63) is 0 Å². The van der Waals surface area contributed by atoms with Crippen molar-refractivity contribution in [3.8, 4) is 0 Å². The Balaban J connectivity index is 2.90. The van der Waals surface area contributed by atoms with Gasteiger partial charge in [0.1, 0.15) is 0 Å². The maximum atomic E-state index is 8.76. The first-order valence-corrected chi connectivity index (χ1v) is 5.12. The number of aliphatic hydroxyl groups is 1. The molecule has 12 heavy (non-hydrogen) atoms. The van der Waals surface area contributed by atoms with Crippen LogP contribution in [0.3, 0.4) is 0 Å². The van der Waals surface area contributed by atoms with Crippen molar-refractivity contribution in [2.24, 2.45) is 5.92 Å². The van der Waals surface area contributed by atoms with E-state index in [2.05, 4.69) is 19.2 Å². The van der Waals surface area contributed by atoms with Crippen LogP contribution >= 0.6 is 0 Å². The van der Waals surface area contributed by atoms with Gasteiger partial charge in [-0.15, -0.1) is 0 Å². The summed E-state index contributed by atoms with van der Waals surface area (Å²) in [7, 11) is 0. The molecule has 0 aromatic rings. The molecule has 1 atom stereocenters. The summed E-state index contributed by atoms with van der Waals surface area (Å²) < 4.78 is 0. The molecule has 0 spiro atoms. The number of nitrogens with one attached hydrogen (secondary N) is 1. The van der Waals surface area contributed by atoms with Crippen molar-refractivity contribution in [3.63, 3.8) is 0 Å². The van der Waals surface area contributed by atoms with E-state index >= 15 is 0 Å². The molecular weight excluding hydrogens is 150 g/mol. The van der Waals surface area contributed by atoms with Crippen LogP contribution in [-0.4, -0.2) is 24.8 Å². The summed E-state index contributed by atoms with van der Waals surface area (Å²) in [6.45, 7) is 6.87. The second-order valence-corrected chi connectivity index (χ2v) is 3.53. The summed E-state index contributed by atoms with van der Waals surface area (Å²) in [5.41, 5.74) is 0. The van der Waals surface area contributed by atoms with Gasteiger partial charge in [0.15, 0.2) is 0 Å². The predicted molar refractivity (Wildman–Crippen MR) is 53.3 cm³/mol. The normalized spacial score (nSPS) is 13.2. The van der Waals surface area contributed by atoms with E-state index < -0.39 is 0 Å². The number of rotatable bonds is 8. The predicted octanol–water partition coefficient (Wildman–Crippen LogP) is 1.78. The number of aliphatic hydroxyl groups excluding tert-OH is 1. The van der Waals surface area contributed by atoms with Crippen LogP contribution < -0.4 is 5.32 Å². The third-order valence-electron chi connectivity index (χ3n) is 2.07. The molecule has 2 nitrogen and oxygen atoms in total. The first kappa shape index (κ1) is 11.9. The zero-order valence-corrected chi connectivity index (χ0v) is 8.47. The molecule has 2 N–H and O–H groups in total. The van der Waals surface area contributed by atoms with Gasteiger partial charge >= 0.3 is 0 Å². The molecule has 1 unspecified atom stereocenters. The van der Waals surface area contributed by atoms with E-state index in [0.29, 0.717) is 12.5 Å². The lowest BCUT2D eigenvalue weighted by Gasteiger charge is -2.07. The van der Waals surface area contributed by atoms with Gasteiger partial charge in [-0.3, -0.25) is 0 Å². The van der Waals surface area contributed by atoms with Gasteiger partial charge in [0.25, 0.3) is 0 Å². The minimum Gasteiger partial charge on any atom is -0.396 e. The van der Waals surface area contributed by atoms with Gasteiger partial charge in [0, 0.05) is 6.61 Å². The first-order chi connectivity index (χ1) is 5.81. The van der Waals surface area contributed by atoms with Crippen LogP contribution in [0.15, 0.2) is 0 Å². The highest BCUT2D eigenvalue weighted by Gasteiger charge is 1.97. The second kappa shape index (κ2) is 9.01. The molecule has 0 aliphatic heterocycles. The minimum atomic E-state index is 0.328. The maximum Gasteiger partial charge on any atom is 0.0456 e. The number of hydrogen-bond acceptors (Lipinski definition) is 2. The summed E-state index contributed by atoms with van der Waals surface area (Å²) in [4.78, 5) is 0. The van der Waals surface area contributed by atoms with Crippen molar-refractivity contribution in [2.45, 2.75) is 39.5 Å². The quantitative estimate of drug-likeness (QED) is 0.548. The van der Waals surface area contributed by atoms with Gasteiger partial charge in [-0.05, 0) is 38.3 Å². The summed E-state index contributed by atoms with van der Waals surface area (Å²) in [6.07, 6.45) is 4.86. The van der Waals surface area contributed by atoms with E-state index in [4.69, 9.17) is 5.11 Å². The van der Waals surface area contributed by atoms with Gasteiger partial charge in [-0.1, -0.05) is 20.3 Å². The van der Waals surface area contributed by atoms with Crippen molar-refractivity contribution < 1.29 is 5.11 Å². The van der Waals surface area contributed by atoms with E-state index in [1.807, 2.05) is 0 Å². The van der Waals surface area contributed by atoms with Crippen molar-refractivity contribution in [2.75, 3.05) is 19.7 Å². The third-order valence-corrected chi connectivity index (χ3v) is 2.07. The molecule has 0 saturated carbocycles. The van der Waals surface area contributed by atoms with E-state index in [-0.39, 0.29) is 0 Å². The molecule has 0 aromatic carbocycles. The van der Waals surface area contributed by atoms with Crippen LogP contribution in [0, 0.1) is 5.92 Å².